The molecule has 1 aromatic carbocycles. The molecular weight excluding hydrogens is 226 g/mol. The smallest absolute Gasteiger partial charge is 0.137 e. The maximum Gasteiger partial charge on any atom is 0.137 e. The Morgan fingerprint density at radius 2 is 2.17 bits per heavy atom. The summed E-state index contributed by atoms with van der Waals surface area (Å²) >= 11 is 0. The number of para-hydroxylation sites is 1. The number of phenols is 1. The van der Waals surface area contributed by atoms with Crippen molar-refractivity contribution in [3.05, 3.63) is 41.5 Å². The Morgan fingerprint density at radius 1 is 1.33 bits per heavy atom. The number of hydrogen-bond acceptors (Lipinski definition) is 3. The molecule has 0 radical (unpaired) electrons. The Morgan fingerprint density at radius 3 is 3.00 bits per heavy atom. The topological polar surface area (TPSA) is 50.9 Å². The second-order valence-electron chi connectivity index (χ2n) is 5.09. The van der Waals surface area contributed by atoms with E-state index < -0.39 is 0 Å². The van der Waals surface area contributed by atoms with Crippen molar-refractivity contribution < 1.29 is 5.11 Å². The molecule has 0 saturated heterocycles. The minimum atomic E-state index is 0.332. The lowest BCUT2D eigenvalue weighted by atomic mass is 10.00. The van der Waals surface area contributed by atoms with Gasteiger partial charge in [-0.05, 0) is 18.4 Å². The summed E-state index contributed by atoms with van der Waals surface area (Å²) in [6.07, 6.45) is 2.83. The molecule has 0 spiro atoms. The highest BCUT2D eigenvalue weighted by atomic mass is 16.3. The standard InChI is InChI=1S/C14H17N3O/c1-10-6-7-17-13(8-10)15-16-14(17)9-11-4-2-3-5-12(11)18/h2-5,10,18H,6-9H2,1H3. The van der Waals surface area contributed by atoms with Gasteiger partial charge in [0.15, 0.2) is 0 Å². The Kier molecular flexibility index (Phi) is 2.78. The van der Waals surface area contributed by atoms with Crippen molar-refractivity contribution in [1.29, 1.82) is 0 Å². The van der Waals surface area contributed by atoms with Crippen molar-refractivity contribution in [3.63, 3.8) is 0 Å². The monoisotopic (exact) mass is 243 g/mol. The molecule has 0 fully saturated rings. The number of fused-ring (bicyclic) bond motifs is 1. The van der Waals surface area contributed by atoms with Gasteiger partial charge < -0.3 is 9.67 Å². The van der Waals surface area contributed by atoms with Crippen molar-refractivity contribution in [2.75, 3.05) is 0 Å². The van der Waals surface area contributed by atoms with Crippen LogP contribution in [0.1, 0.15) is 30.6 Å². The van der Waals surface area contributed by atoms with Crippen LogP contribution in [0.4, 0.5) is 0 Å². The van der Waals surface area contributed by atoms with E-state index in [1.54, 1.807) is 6.07 Å². The first kappa shape index (κ1) is 11.3. The molecule has 0 aliphatic carbocycles. The van der Waals surface area contributed by atoms with E-state index in [0.29, 0.717) is 18.1 Å². The largest absolute Gasteiger partial charge is 0.508 e. The van der Waals surface area contributed by atoms with Gasteiger partial charge in [-0.3, -0.25) is 0 Å². The molecule has 2 aromatic rings. The summed E-state index contributed by atoms with van der Waals surface area (Å²) in [5.41, 5.74) is 0.909. The van der Waals surface area contributed by atoms with Crippen LogP contribution < -0.4 is 0 Å². The SMILES string of the molecule is CC1CCn2c(Cc3ccccc3O)nnc2C1. The average Bonchev–Trinajstić information content (AvgIpc) is 2.74. The predicted molar refractivity (Wildman–Crippen MR) is 68.4 cm³/mol. The first-order valence-corrected chi connectivity index (χ1v) is 6.42. The van der Waals surface area contributed by atoms with E-state index in [9.17, 15) is 5.11 Å². The number of aromatic hydroxyl groups is 1. The van der Waals surface area contributed by atoms with Crippen LogP contribution in [-0.4, -0.2) is 19.9 Å². The molecule has 1 atom stereocenters. The number of hydrogen-bond donors (Lipinski definition) is 1. The van der Waals surface area contributed by atoms with Gasteiger partial charge in [0, 0.05) is 24.9 Å². The van der Waals surface area contributed by atoms with E-state index in [1.165, 1.54) is 6.42 Å². The van der Waals surface area contributed by atoms with Crippen molar-refractivity contribution in [2.45, 2.75) is 32.7 Å². The Bertz CT molecular complexity index is 562. The van der Waals surface area contributed by atoms with Gasteiger partial charge in [0.25, 0.3) is 0 Å². The van der Waals surface area contributed by atoms with E-state index in [-0.39, 0.29) is 0 Å². The van der Waals surface area contributed by atoms with Crippen LogP contribution >= 0.6 is 0 Å². The number of rotatable bonds is 2. The quantitative estimate of drug-likeness (QED) is 0.879. The molecule has 0 bridgehead atoms. The zero-order chi connectivity index (χ0) is 12.5. The van der Waals surface area contributed by atoms with E-state index in [2.05, 4.69) is 21.7 Å². The van der Waals surface area contributed by atoms with Crippen molar-refractivity contribution in [1.82, 2.24) is 14.8 Å². The maximum absolute atomic E-state index is 9.80. The average molecular weight is 243 g/mol. The van der Waals surface area contributed by atoms with Gasteiger partial charge >= 0.3 is 0 Å². The third kappa shape index (κ3) is 1.98. The van der Waals surface area contributed by atoms with Crippen molar-refractivity contribution in [3.8, 4) is 5.75 Å². The number of nitrogens with zero attached hydrogens (tertiary/aromatic N) is 3. The van der Waals surface area contributed by atoms with Gasteiger partial charge in [0.2, 0.25) is 0 Å². The number of phenolic OH excluding ortho intramolecular Hbond substituents is 1. The Labute approximate surface area is 106 Å². The zero-order valence-corrected chi connectivity index (χ0v) is 10.5. The molecule has 1 unspecified atom stereocenters. The summed E-state index contributed by atoms with van der Waals surface area (Å²) in [7, 11) is 0. The van der Waals surface area contributed by atoms with Crippen molar-refractivity contribution in [2.24, 2.45) is 5.92 Å². The molecule has 1 N–H and O–H groups in total. The summed E-state index contributed by atoms with van der Waals surface area (Å²) in [5, 5.41) is 18.3. The van der Waals surface area contributed by atoms with Crippen molar-refractivity contribution >= 4 is 0 Å². The molecule has 18 heavy (non-hydrogen) atoms. The second-order valence-corrected chi connectivity index (χ2v) is 5.09. The molecule has 0 amide bonds. The summed E-state index contributed by atoms with van der Waals surface area (Å²) < 4.78 is 2.20. The normalized spacial score (nSPS) is 18.6. The minimum absolute atomic E-state index is 0.332. The molecule has 4 heteroatoms. The van der Waals surface area contributed by atoms with E-state index in [4.69, 9.17) is 0 Å². The van der Waals surface area contributed by atoms with Crippen LogP contribution in [0.25, 0.3) is 0 Å². The van der Waals surface area contributed by atoms with Gasteiger partial charge in [-0.1, -0.05) is 25.1 Å². The van der Waals surface area contributed by atoms with Crippen LogP contribution in [0, 0.1) is 5.92 Å². The Balaban J connectivity index is 1.88. The highest BCUT2D eigenvalue weighted by Crippen LogP contribution is 2.23. The van der Waals surface area contributed by atoms with Gasteiger partial charge in [0.05, 0.1) is 0 Å². The van der Waals surface area contributed by atoms with Gasteiger partial charge in [-0.25, -0.2) is 0 Å². The highest BCUT2D eigenvalue weighted by Gasteiger charge is 2.20. The van der Waals surface area contributed by atoms with Gasteiger partial charge in [-0.2, -0.15) is 0 Å². The molecule has 1 aliphatic heterocycles. The first-order valence-electron chi connectivity index (χ1n) is 6.42. The molecule has 2 heterocycles. The number of aromatic nitrogens is 3. The molecule has 94 valence electrons. The zero-order valence-electron chi connectivity index (χ0n) is 10.5. The van der Waals surface area contributed by atoms with Crippen LogP contribution in [0.2, 0.25) is 0 Å². The van der Waals surface area contributed by atoms with E-state index in [1.807, 2.05) is 18.2 Å². The summed E-state index contributed by atoms with van der Waals surface area (Å²) in [6, 6.07) is 7.41. The maximum atomic E-state index is 9.80. The van der Waals surface area contributed by atoms with Crippen LogP contribution in [0.3, 0.4) is 0 Å². The van der Waals surface area contributed by atoms with Gasteiger partial charge in [0.1, 0.15) is 17.4 Å². The molecule has 0 saturated carbocycles. The first-order chi connectivity index (χ1) is 8.74. The van der Waals surface area contributed by atoms with Crippen LogP contribution in [0.15, 0.2) is 24.3 Å². The Hall–Kier alpha value is -1.84. The summed E-state index contributed by atoms with van der Waals surface area (Å²) in [4.78, 5) is 0. The second kappa shape index (κ2) is 4.44. The van der Waals surface area contributed by atoms with Crippen LogP contribution in [0.5, 0.6) is 5.75 Å². The number of benzene rings is 1. The summed E-state index contributed by atoms with van der Waals surface area (Å²) in [5.74, 6) is 3.07. The lowest BCUT2D eigenvalue weighted by Crippen LogP contribution is -2.19. The van der Waals surface area contributed by atoms with E-state index in [0.717, 1.165) is 30.2 Å². The molecule has 4 nitrogen and oxygen atoms in total. The summed E-state index contributed by atoms with van der Waals surface area (Å²) in [6.45, 7) is 3.24. The van der Waals surface area contributed by atoms with Crippen LogP contribution in [-0.2, 0) is 19.4 Å². The van der Waals surface area contributed by atoms with Gasteiger partial charge in [-0.15, -0.1) is 10.2 Å². The lowest BCUT2D eigenvalue weighted by Gasteiger charge is -2.20. The lowest BCUT2D eigenvalue weighted by molar-refractivity contribution is 0.403. The molecule has 1 aromatic heterocycles. The fourth-order valence-electron chi connectivity index (χ4n) is 2.51. The predicted octanol–water partition coefficient (Wildman–Crippen LogP) is 2.16. The third-order valence-electron chi connectivity index (χ3n) is 3.62. The fraction of sp³-hybridized carbons (Fsp3) is 0.429. The minimum Gasteiger partial charge on any atom is -0.508 e. The fourth-order valence-corrected chi connectivity index (χ4v) is 2.51. The molecule has 3 rings (SSSR count). The highest BCUT2D eigenvalue weighted by molar-refractivity contribution is 5.34. The molecular formula is C14H17N3O. The third-order valence-corrected chi connectivity index (χ3v) is 3.62. The van der Waals surface area contributed by atoms with E-state index >= 15 is 0 Å². The molecule has 1 aliphatic rings.